The van der Waals surface area contributed by atoms with Gasteiger partial charge in [0.15, 0.2) is 0 Å². The Bertz CT molecular complexity index is 554. The molecule has 1 N–H and O–H groups in total. The minimum atomic E-state index is -0.475. The van der Waals surface area contributed by atoms with Crippen LogP contribution in [0, 0.1) is 0 Å². The molecule has 20 heavy (non-hydrogen) atoms. The van der Waals surface area contributed by atoms with Crippen LogP contribution in [0.15, 0.2) is 54.6 Å². The molecule has 0 spiro atoms. The first-order valence-corrected chi connectivity index (χ1v) is 6.69. The van der Waals surface area contributed by atoms with Crippen LogP contribution in [-0.2, 0) is 16.1 Å². The normalized spacial score (nSPS) is 11.9. The van der Waals surface area contributed by atoms with Gasteiger partial charge in [-0.3, -0.25) is 5.32 Å². The second-order valence-electron chi connectivity index (χ2n) is 4.37. The van der Waals surface area contributed by atoms with E-state index in [1.807, 2.05) is 54.6 Å². The number of hydrogen-bond donors (Lipinski definition) is 1. The molecule has 2 aromatic rings. The summed E-state index contributed by atoms with van der Waals surface area (Å²) in [5, 5.41) is 3.90. The first-order chi connectivity index (χ1) is 9.70. The summed E-state index contributed by atoms with van der Waals surface area (Å²) in [6.07, 6.45) is 0. The van der Waals surface area contributed by atoms with Crippen LogP contribution in [-0.4, -0.2) is 13.1 Å². The lowest BCUT2D eigenvalue weighted by atomic mass is 10.1. The molecule has 0 aliphatic carbocycles. The zero-order valence-electron chi connectivity index (χ0n) is 11.2. The van der Waals surface area contributed by atoms with Crippen molar-refractivity contribution in [2.45, 2.75) is 12.6 Å². The number of benzene rings is 2. The number of ether oxygens (including phenoxy) is 1. The van der Waals surface area contributed by atoms with E-state index in [4.69, 9.17) is 16.3 Å². The zero-order chi connectivity index (χ0) is 14.4. The molecule has 3 nitrogen and oxygen atoms in total. The van der Waals surface area contributed by atoms with Crippen molar-refractivity contribution in [2.75, 3.05) is 7.11 Å². The highest BCUT2D eigenvalue weighted by atomic mass is 35.5. The van der Waals surface area contributed by atoms with E-state index in [0.29, 0.717) is 11.6 Å². The molecule has 0 fully saturated rings. The van der Waals surface area contributed by atoms with E-state index in [2.05, 4.69) is 5.32 Å². The molecule has 0 radical (unpaired) electrons. The van der Waals surface area contributed by atoms with E-state index in [0.717, 1.165) is 11.1 Å². The van der Waals surface area contributed by atoms with Crippen molar-refractivity contribution in [3.05, 3.63) is 70.7 Å². The lowest BCUT2D eigenvalue weighted by molar-refractivity contribution is -0.143. The predicted molar refractivity (Wildman–Crippen MR) is 79.5 cm³/mol. The fraction of sp³-hybridized carbons (Fsp3) is 0.188. The van der Waals surface area contributed by atoms with Crippen LogP contribution in [0.3, 0.4) is 0 Å². The van der Waals surface area contributed by atoms with Crippen molar-refractivity contribution >= 4 is 17.6 Å². The van der Waals surface area contributed by atoms with Crippen molar-refractivity contribution in [2.24, 2.45) is 0 Å². The fourth-order valence-electron chi connectivity index (χ4n) is 1.92. The third-order valence-electron chi connectivity index (χ3n) is 2.99. The number of hydrogen-bond acceptors (Lipinski definition) is 3. The summed E-state index contributed by atoms with van der Waals surface area (Å²) in [6, 6.07) is 16.5. The van der Waals surface area contributed by atoms with Crippen molar-refractivity contribution < 1.29 is 9.53 Å². The fourth-order valence-corrected chi connectivity index (χ4v) is 2.05. The number of carbonyl (C=O) groups excluding carboxylic acids is 1. The molecule has 0 aliphatic heterocycles. The molecule has 2 rings (SSSR count). The van der Waals surface area contributed by atoms with Gasteiger partial charge in [-0.15, -0.1) is 0 Å². The number of nitrogens with one attached hydrogen (secondary N) is 1. The van der Waals surface area contributed by atoms with Gasteiger partial charge in [0.1, 0.15) is 6.04 Å². The lowest BCUT2D eigenvalue weighted by Gasteiger charge is -2.17. The summed E-state index contributed by atoms with van der Waals surface area (Å²) >= 11 is 5.85. The Balaban J connectivity index is 2.09. The van der Waals surface area contributed by atoms with Gasteiger partial charge in [0.25, 0.3) is 0 Å². The molecule has 0 aliphatic rings. The largest absolute Gasteiger partial charge is 0.468 e. The Morgan fingerprint density at radius 1 is 1.15 bits per heavy atom. The molecule has 0 saturated carbocycles. The van der Waals surface area contributed by atoms with Crippen LogP contribution >= 0.6 is 11.6 Å². The molecule has 2 aromatic carbocycles. The molecule has 104 valence electrons. The van der Waals surface area contributed by atoms with Crippen molar-refractivity contribution in [1.82, 2.24) is 5.32 Å². The molecular formula is C16H16ClNO2. The lowest BCUT2D eigenvalue weighted by Crippen LogP contribution is -2.29. The maximum Gasteiger partial charge on any atom is 0.327 e. The van der Waals surface area contributed by atoms with Crippen LogP contribution < -0.4 is 5.32 Å². The number of esters is 1. The van der Waals surface area contributed by atoms with Crippen molar-refractivity contribution in [3.8, 4) is 0 Å². The maximum atomic E-state index is 11.9. The summed E-state index contributed by atoms with van der Waals surface area (Å²) in [5.74, 6) is -0.301. The molecule has 0 amide bonds. The Kier molecular flexibility index (Phi) is 5.16. The topological polar surface area (TPSA) is 38.3 Å². The highest BCUT2D eigenvalue weighted by Crippen LogP contribution is 2.16. The Morgan fingerprint density at radius 2 is 1.80 bits per heavy atom. The third-order valence-corrected chi connectivity index (χ3v) is 3.25. The second kappa shape index (κ2) is 7.08. The van der Waals surface area contributed by atoms with Crippen molar-refractivity contribution in [1.29, 1.82) is 0 Å². The average Bonchev–Trinajstić information content (AvgIpc) is 2.50. The van der Waals surface area contributed by atoms with Gasteiger partial charge >= 0.3 is 5.97 Å². The molecule has 1 unspecified atom stereocenters. The summed E-state index contributed by atoms with van der Waals surface area (Å²) in [7, 11) is 1.39. The molecule has 0 bridgehead atoms. The first kappa shape index (κ1) is 14.6. The standard InChI is InChI=1S/C16H16ClNO2/c1-20-16(19)15(13-5-3-2-4-6-13)18-11-12-7-9-14(17)10-8-12/h2-10,15,18H,11H2,1H3. The van der Waals surface area contributed by atoms with Crippen LogP contribution in [0.25, 0.3) is 0 Å². The molecule has 4 heteroatoms. The maximum absolute atomic E-state index is 11.9. The van der Waals surface area contributed by atoms with Crippen LogP contribution in [0.4, 0.5) is 0 Å². The van der Waals surface area contributed by atoms with Gasteiger partial charge in [-0.1, -0.05) is 54.1 Å². The minimum absolute atomic E-state index is 0.301. The second-order valence-corrected chi connectivity index (χ2v) is 4.81. The molecule has 0 saturated heterocycles. The smallest absolute Gasteiger partial charge is 0.327 e. The first-order valence-electron chi connectivity index (χ1n) is 6.31. The third kappa shape index (κ3) is 3.83. The predicted octanol–water partition coefficient (Wildman–Crippen LogP) is 3.34. The Morgan fingerprint density at radius 3 is 2.40 bits per heavy atom. The summed E-state index contributed by atoms with van der Waals surface area (Å²) in [5.41, 5.74) is 1.94. The van der Waals surface area contributed by atoms with E-state index in [1.165, 1.54) is 7.11 Å². The van der Waals surface area contributed by atoms with Crippen molar-refractivity contribution in [3.63, 3.8) is 0 Å². The SMILES string of the molecule is COC(=O)C(NCc1ccc(Cl)cc1)c1ccccc1. The summed E-state index contributed by atoms with van der Waals surface area (Å²) < 4.78 is 4.85. The summed E-state index contributed by atoms with van der Waals surface area (Å²) in [6.45, 7) is 0.561. The van der Waals surface area contributed by atoms with Gasteiger partial charge in [0, 0.05) is 11.6 Å². The molecule has 1 atom stereocenters. The van der Waals surface area contributed by atoms with Gasteiger partial charge in [0.2, 0.25) is 0 Å². The highest BCUT2D eigenvalue weighted by Gasteiger charge is 2.20. The quantitative estimate of drug-likeness (QED) is 0.858. The number of methoxy groups -OCH3 is 1. The Labute approximate surface area is 123 Å². The van der Waals surface area contributed by atoms with E-state index in [9.17, 15) is 4.79 Å². The minimum Gasteiger partial charge on any atom is -0.468 e. The Hall–Kier alpha value is -1.84. The van der Waals surface area contributed by atoms with Crippen LogP contribution in [0.1, 0.15) is 17.2 Å². The van der Waals surface area contributed by atoms with E-state index < -0.39 is 6.04 Å². The molecule has 0 heterocycles. The van der Waals surface area contributed by atoms with Gasteiger partial charge in [0.05, 0.1) is 7.11 Å². The van der Waals surface area contributed by atoms with Crippen LogP contribution in [0.5, 0.6) is 0 Å². The monoisotopic (exact) mass is 289 g/mol. The highest BCUT2D eigenvalue weighted by molar-refractivity contribution is 6.30. The zero-order valence-corrected chi connectivity index (χ0v) is 11.9. The average molecular weight is 290 g/mol. The number of halogens is 1. The van der Waals surface area contributed by atoms with E-state index >= 15 is 0 Å². The summed E-state index contributed by atoms with van der Waals surface area (Å²) in [4.78, 5) is 11.9. The van der Waals surface area contributed by atoms with Gasteiger partial charge < -0.3 is 4.74 Å². The van der Waals surface area contributed by atoms with Crippen LogP contribution in [0.2, 0.25) is 5.02 Å². The number of rotatable bonds is 5. The molecular weight excluding hydrogens is 274 g/mol. The molecule has 0 aromatic heterocycles. The number of carbonyl (C=O) groups is 1. The van der Waals surface area contributed by atoms with E-state index in [-0.39, 0.29) is 5.97 Å². The van der Waals surface area contributed by atoms with E-state index in [1.54, 1.807) is 0 Å². The van der Waals surface area contributed by atoms with Gasteiger partial charge in [-0.2, -0.15) is 0 Å². The van der Waals surface area contributed by atoms with Gasteiger partial charge in [-0.05, 0) is 23.3 Å². The van der Waals surface area contributed by atoms with Gasteiger partial charge in [-0.25, -0.2) is 4.79 Å².